The zero-order chi connectivity index (χ0) is 13.5. The second-order valence-electron chi connectivity index (χ2n) is 4.91. The summed E-state index contributed by atoms with van der Waals surface area (Å²) in [4.78, 5) is 11.8. The van der Waals surface area contributed by atoms with Gasteiger partial charge in [-0.2, -0.15) is 5.26 Å². The van der Waals surface area contributed by atoms with Gasteiger partial charge < -0.3 is 5.32 Å². The Hall–Kier alpha value is -2.08. The van der Waals surface area contributed by atoms with E-state index in [1.54, 1.807) is 24.3 Å². The summed E-state index contributed by atoms with van der Waals surface area (Å²) < 4.78 is 0. The number of nitrogens with one attached hydrogen (secondary N) is 1. The van der Waals surface area contributed by atoms with Gasteiger partial charge in [-0.05, 0) is 36.6 Å². The van der Waals surface area contributed by atoms with Crippen molar-refractivity contribution in [3.05, 3.63) is 41.5 Å². The van der Waals surface area contributed by atoms with Gasteiger partial charge in [-0.25, -0.2) is 0 Å². The van der Waals surface area contributed by atoms with E-state index < -0.39 is 0 Å². The van der Waals surface area contributed by atoms with Crippen molar-refractivity contribution in [2.75, 3.05) is 0 Å². The Kier molecular flexibility index (Phi) is 4.74. The Morgan fingerprint density at radius 1 is 1.32 bits per heavy atom. The first-order valence-corrected chi connectivity index (χ1v) is 6.76. The number of hydrogen-bond acceptors (Lipinski definition) is 2. The summed E-state index contributed by atoms with van der Waals surface area (Å²) in [5.74, 6) is -0.0470. The fourth-order valence-electron chi connectivity index (χ4n) is 2.38. The lowest BCUT2D eigenvalue weighted by atomic mass is 9.95. The maximum atomic E-state index is 11.8. The zero-order valence-electron chi connectivity index (χ0n) is 10.9. The van der Waals surface area contributed by atoms with Crippen LogP contribution in [0.3, 0.4) is 0 Å². The highest BCUT2D eigenvalue weighted by atomic mass is 16.1. The number of carbonyl (C=O) groups is 1. The first-order valence-electron chi connectivity index (χ1n) is 6.76. The highest BCUT2D eigenvalue weighted by Gasteiger charge is 2.13. The number of rotatable bonds is 3. The molecule has 3 nitrogen and oxygen atoms in total. The van der Waals surface area contributed by atoms with Gasteiger partial charge in [-0.1, -0.05) is 31.4 Å². The lowest BCUT2D eigenvalue weighted by molar-refractivity contribution is -0.117. The smallest absolute Gasteiger partial charge is 0.244 e. The van der Waals surface area contributed by atoms with E-state index in [0.29, 0.717) is 11.6 Å². The van der Waals surface area contributed by atoms with Crippen LogP contribution in [-0.4, -0.2) is 11.9 Å². The molecule has 3 heteroatoms. The number of carbonyl (C=O) groups excluding carboxylic acids is 1. The summed E-state index contributed by atoms with van der Waals surface area (Å²) in [5.41, 5.74) is 1.48. The predicted molar refractivity (Wildman–Crippen MR) is 75.2 cm³/mol. The Labute approximate surface area is 113 Å². The second-order valence-corrected chi connectivity index (χ2v) is 4.91. The molecule has 1 N–H and O–H groups in total. The third kappa shape index (κ3) is 4.26. The highest BCUT2D eigenvalue weighted by molar-refractivity contribution is 5.91. The molecule has 1 fully saturated rings. The molecule has 1 aliphatic carbocycles. The molecule has 1 aromatic rings. The van der Waals surface area contributed by atoms with Gasteiger partial charge in [0.25, 0.3) is 0 Å². The number of amides is 1. The molecule has 1 saturated carbocycles. The van der Waals surface area contributed by atoms with Gasteiger partial charge in [0.2, 0.25) is 5.91 Å². The second kappa shape index (κ2) is 6.75. The lowest BCUT2D eigenvalue weighted by Gasteiger charge is -2.21. The van der Waals surface area contributed by atoms with Gasteiger partial charge in [0, 0.05) is 12.1 Å². The molecular weight excluding hydrogens is 236 g/mol. The van der Waals surface area contributed by atoms with E-state index in [1.165, 1.54) is 19.3 Å². The van der Waals surface area contributed by atoms with E-state index in [9.17, 15) is 4.79 Å². The van der Waals surface area contributed by atoms with Crippen molar-refractivity contribution in [2.45, 2.75) is 38.1 Å². The van der Waals surface area contributed by atoms with Crippen LogP contribution in [0.2, 0.25) is 0 Å². The van der Waals surface area contributed by atoms with Crippen LogP contribution in [0.1, 0.15) is 43.2 Å². The van der Waals surface area contributed by atoms with Crippen molar-refractivity contribution < 1.29 is 4.79 Å². The minimum Gasteiger partial charge on any atom is -0.350 e. The standard InChI is InChI=1S/C16H18N2O/c17-12-14-6-4-5-13(11-14)9-10-16(19)18-15-7-2-1-3-8-15/h4-6,9-11,15H,1-3,7-8H2,(H,18,19). The molecule has 98 valence electrons. The monoisotopic (exact) mass is 254 g/mol. The molecule has 0 aromatic heterocycles. The van der Waals surface area contributed by atoms with Crippen molar-refractivity contribution in [1.29, 1.82) is 5.26 Å². The number of nitrogens with zero attached hydrogens (tertiary/aromatic N) is 1. The molecule has 0 unspecified atom stereocenters. The molecule has 0 bridgehead atoms. The Bertz CT molecular complexity index is 508. The van der Waals surface area contributed by atoms with E-state index in [2.05, 4.69) is 11.4 Å². The molecule has 1 amide bonds. The lowest BCUT2D eigenvalue weighted by Crippen LogP contribution is -2.34. The average molecular weight is 254 g/mol. The molecule has 0 spiro atoms. The van der Waals surface area contributed by atoms with E-state index in [1.807, 2.05) is 12.1 Å². The van der Waals surface area contributed by atoms with Crippen LogP contribution in [-0.2, 0) is 4.79 Å². The van der Waals surface area contributed by atoms with E-state index in [-0.39, 0.29) is 5.91 Å². The van der Waals surface area contributed by atoms with Crippen molar-refractivity contribution in [3.63, 3.8) is 0 Å². The SMILES string of the molecule is N#Cc1cccc(C=CC(=O)NC2CCCCC2)c1. The average Bonchev–Trinajstić information content (AvgIpc) is 2.46. The molecule has 0 atom stereocenters. The molecule has 2 rings (SSSR count). The predicted octanol–water partition coefficient (Wildman–Crippen LogP) is 3.02. The first-order chi connectivity index (χ1) is 9.28. The minimum atomic E-state index is -0.0470. The minimum absolute atomic E-state index is 0.0470. The normalized spacial score (nSPS) is 16.2. The van der Waals surface area contributed by atoms with E-state index in [0.717, 1.165) is 18.4 Å². The van der Waals surface area contributed by atoms with Crippen LogP contribution in [0.25, 0.3) is 6.08 Å². The molecule has 1 aliphatic rings. The van der Waals surface area contributed by atoms with Gasteiger partial charge >= 0.3 is 0 Å². The molecule has 19 heavy (non-hydrogen) atoms. The third-order valence-electron chi connectivity index (χ3n) is 3.39. The molecule has 1 aromatic carbocycles. The topological polar surface area (TPSA) is 52.9 Å². The quantitative estimate of drug-likeness (QED) is 0.843. The van der Waals surface area contributed by atoms with Gasteiger partial charge in [0.15, 0.2) is 0 Å². The summed E-state index contributed by atoms with van der Waals surface area (Å²) in [6.07, 6.45) is 9.16. The van der Waals surface area contributed by atoms with Crippen molar-refractivity contribution in [2.24, 2.45) is 0 Å². The number of hydrogen-bond donors (Lipinski definition) is 1. The summed E-state index contributed by atoms with van der Waals surface area (Å²) in [6.45, 7) is 0. The van der Waals surface area contributed by atoms with Crippen LogP contribution < -0.4 is 5.32 Å². The van der Waals surface area contributed by atoms with Crippen LogP contribution in [0.4, 0.5) is 0 Å². The van der Waals surface area contributed by atoms with Crippen molar-refractivity contribution in [3.8, 4) is 6.07 Å². The number of benzene rings is 1. The number of nitriles is 1. The fraction of sp³-hybridized carbons (Fsp3) is 0.375. The van der Waals surface area contributed by atoms with Crippen molar-refractivity contribution in [1.82, 2.24) is 5.32 Å². The maximum absolute atomic E-state index is 11.8. The van der Waals surface area contributed by atoms with E-state index >= 15 is 0 Å². The summed E-state index contributed by atoms with van der Waals surface area (Å²) in [6, 6.07) is 9.63. The maximum Gasteiger partial charge on any atom is 0.244 e. The van der Waals surface area contributed by atoms with Gasteiger partial charge in [0.05, 0.1) is 11.6 Å². The fourth-order valence-corrected chi connectivity index (χ4v) is 2.38. The molecule has 0 aliphatic heterocycles. The van der Waals surface area contributed by atoms with Crippen LogP contribution >= 0.6 is 0 Å². The Morgan fingerprint density at radius 2 is 2.11 bits per heavy atom. The van der Waals surface area contributed by atoms with Gasteiger partial charge in [-0.15, -0.1) is 0 Å². The summed E-state index contributed by atoms with van der Waals surface area (Å²) >= 11 is 0. The third-order valence-corrected chi connectivity index (χ3v) is 3.39. The van der Waals surface area contributed by atoms with Crippen LogP contribution in [0.5, 0.6) is 0 Å². The largest absolute Gasteiger partial charge is 0.350 e. The van der Waals surface area contributed by atoms with E-state index in [4.69, 9.17) is 5.26 Å². The highest BCUT2D eigenvalue weighted by Crippen LogP contribution is 2.17. The summed E-state index contributed by atoms with van der Waals surface area (Å²) in [5, 5.41) is 11.8. The molecular formula is C16H18N2O. The Morgan fingerprint density at radius 3 is 2.84 bits per heavy atom. The molecule has 0 radical (unpaired) electrons. The van der Waals surface area contributed by atoms with Crippen molar-refractivity contribution >= 4 is 12.0 Å². The molecule has 0 heterocycles. The summed E-state index contributed by atoms with van der Waals surface area (Å²) in [7, 11) is 0. The van der Waals surface area contributed by atoms with Crippen LogP contribution in [0, 0.1) is 11.3 Å². The van der Waals surface area contributed by atoms with Crippen LogP contribution in [0.15, 0.2) is 30.3 Å². The van der Waals surface area contributed by atoms with Gasteiger partial charge in [0.1, 0.15) is 0 Å². The Balaban J connectivity index is 1.90. The zero-order valence-corrected chi connectivity index (χ0v) is 10.9. The molecule has 0 saturated heterocycles. The first kappa shape index (κ1) is 13.4. The van der Waals surface area contributed by atoms with Gasteiger partial charge in [-0.3, -0.25) is 4.79 Å².